The minimum atomic E-state index is -0.597. The van der Waals surface area contributed by atoms with Crippen molar-refractivity contribution >= 4 is 23.1 Å². The molecule has 0 aliphatic carbocycles. The molecular formula is C12H20BrMgNO5. The van der Waals surface area contributed by atoms with Crippen LogP contribution in [0.3, 0.4) is 0 Å². The van der Waals surface area contributed by atoms with Crippen molar-refractivity contribution in [3.05, 3.63) is 12.2 Å². The summed E-state index contributed by atoms with van der Waals surface area (Å²) in [6.07, 6.45) is -0.597. The first-order chi connectivity index (χ1) is 8.60. The Hall–Kier alpha value is 0.276. The molecule has 2 heterocycles. The Morgan fingerprint density at radius 1 is 1.10 bits per heavy atom. The molecule has 0 aromatic heterocycles. The summed E-state index contributed by atoms with van der Waals surface area (Å²) in [5, 5.41) is 8.07. The Balaban J connectivity index is -0.000000215. The number of nitriles is 1. The van der Waals surface area contributed by atoms with Crippen molar-refractivity contribution in [2.45, 2.75) is 26.6 Å². The van der Waals surface area contributed by atoms with Crippen molar-refractivity contribution in [3.63, 3.8) is 0 Å². The van der Waals surface area contributed by atoms with Crippen LogP contribution in [0.4, 0.5) is 0 Å². The Morgan fingerprint density at radius 2 is 1.45 bits per heavy atom. The molecule has 8 heteroatoms. The average Bonchev–Trinajstić information content (AvgIpc) is 3.02. The van der Waals surface area contributed by atoms with Gasteiger partial charge in [-0.05, 0) is 0 Å². The van der Waals surface area contributed by atoms with Gasteiger partial charge in [-0.1, -0.05) is 13.8 Å². The van der Waals surface area contributed by atoms with E-state index in [9.17, 15) is 0 Å². The van der Waals surface area contributed by atoms with Crippen molar-refractivity contribution in [3.8, 4) is 6.07 Å². The van der Waals surface area contributed by atoms with E-state index < -0.39 is 12.8 Å². The molecule has 0 N–H and O–H groups in total. The minimum absolute atomic E-state index is 0. The van der Waals surface area contributed by atoms with E-state index in [-0.39, 0.29) is 40.0 Å². The molecule has 0 amide bonds. The number of hydrogen-bond donors (Lipinski definition) is 0. The summed E-state index contributed by atoms with van der Waals surface area (Å²) in [5.74, 6) is 0. The van der Waals surface area contributed by atoms with Crippen LogP contribution in [0.1, 0.15) is 13.8 Å². The normalized spacial score (nSPS) is 17.3. The SMILES string of the molecule is COC1OCCO1.N#CC1OCCO1.[Br-].[CH-]=C(C)C.[Mg+2]. The number of allylic oxidation sites excluding steroid dienone is 1. The summed E-state index contributed by atoms with van der Waals surface area (Å²) < 4.78 is 23.8. The first-order valence-electron chi connectivity index (χ1n) is 5.54. The molecule has 2 fully saturated rings. The number of nitrogens with zero attached hydrogens (tertiary/aromatic N) is 1. The van der Waals surface area contributed by atoms with Gasteiger partial charge in [0.2, 0.25) is 6.29 Å². The number of methoxy groups -OCH3 is 1. The number of ether oxygens (including phenoxy) is 5. The number of halogens is 1. The molecule has 0 atom stereocenters. The van der Waals surface area contributed by atoms with E-state index in [4.69, 9.17) is 30.8 Å². The maximum absolute atomic E-state index is 8.07. The van der Waals surface area contributed by atoms with Gasteiger partial charge in [0.15, 0.2) is 0 Å². The van der Waals surface area contributed by atoms with E-state index in [1.54, 1.807) is 7.11 Å². The molecule has 2 aliphatic rings. The van der Waals surface area contributed by atoms with Crippen molar-refractivity contribution < 1.29 is 40.7 Å². The van der Waals surface area contributed by atoms with Crippen LogP contribution in [0.15, 0.2) is 5.57 Å². The van der Waals surface area contributed by atoms with Crippen LogP contribution < -0.4 is 17.0 Å². The molecule has 0 spiro atoms. The zero-order valence-corrected chi connectivity index (χ0v) is 15.1. The Labute approximate surface area is 147 Å². The third-order valence-corrected chi connectivity index (χ3v) is 1.51. The van der Waals surface area contributed by atoms with Crippen LogP contribution in [0, 0.1) is 17.9 Å². The van der Waals surface area contributed by atoms with E-state index in [0.29, 0.717) is 26.4 Å². The first-order valence-corrected chi connectivity index (χ1v) is 5.54. The second-order valence-electron chi connectivity index (χ2n) is 3.55. The summed E-state index contributed by atoms with van der Waals surface area (Å²) in [6, 6.07) is 1.82. The molecule has 2 saturated heterocycles. The van der Waals surface area contributed by atoms with Gasteiger partial charge in [-0.3, -0.25) is 5.57 Å². The summed E-state index contributed by atoms with van der Waals surface area (Å²) in [4.78, 5) is 0. The quantitative estimate of drug-likeness (QED) is 0.392. The predicted molar refractivity (Wildman–Crippen MR) is 68.9 cm³/mol. The third-order valence-electron chi connectivity index (χ3n) is 1.51. The van der Waals surface area contributed by atoms with E-state index >= 15 is 0 Å². The standard InChI is InChI=1S/C4H5NO2.C4H8O3.C4H7.BrH.Mg/c5-3-4-6-1-2-7-4;1-5-4-6-2-3-7-4;1-4(2)3;;/h4H,1-2H2;4H,2-3H2,1H3;1H,2-3H3;1H;/q;;-1;;+2/p-1. The molecule has 20 heavy (non-hydrogen) atoms. The van der Waals surface area contributed by atoms with E-state index in [1.807, 2.05) is 19.9 Å². The van der Waals surface area contributed by atoms with Crippen LogP contribution in [0.5, 0.6) is 0 Å². The van der Waals surface area contributed by atoms with Gasteiger partial charge >= 0.3 is 23.1 Å². The van der Waals surface area contributed by atoms with Crippen molar-refractivity contribution in [1.82, 2.24) is 0 Å². The molecule has 2 aliphatic heterocycles. The molecule has 0 aromatic carbocycles. The zero-order valence-electron chi connectivity index (χ0n) is 12.1. The molecule has 0 saturated carbocycles. The van der Waals surface area contributed by atoms with Gasteiger partial charge in [0.1, 0.15) is 6.07 Å². The van der Waals surface area contributed by atoms with E-state index in [2.05, 4.69) is 4.74 Å². The monoisotopic (exact) mass is 361 g/mol. The molecule has 2 rings (SSSR count). The van der Waals surface area contributed by atoms with Crippen LogP contribution in [-0.2, 0) is 23.7 Å². The zero-order chi connectivity index (χ0) is 13.8. The molecule has 0 aromatic rings. The van der Waals surface area contributed by atoms with Gasteiger partial charge in [-0.2, -0.15) is 5.26 Å². The molecule has 0 radical (unpaired) electrons. The fourth-order valence-corrected chi connectivity index (χ4v) is 0.906. The minimum Gasteiger partial charge on any atom is -1.00 e. The second-order valence-corrected chi connectivity index (χ2v) is 3.55. The van der Waals surface area contributed by atoms with Gasteiger partial charge in [-0.25, -0.2) is 0 Å². The first kappa shape index (κ1) is 25.2. The number of hydrogen-bond acceptors (Lipinski definition) is 6. The Morgan fingerprint density at radius 3 is 1.65 bits per heavy atom. The van der Waals surface area contributed by atoms with Crippen LogP contribution in [-0.4, -0.2) is 69.4 Å². The molecule has 6 nitrogen and oxygen atoms in total. The molecule has 0 unspecified atom stereocenters. The Kier molecular flexibility index (Phi) is 21.9. The van der Waals surface area contributed by atoms with Gasteiger partial charge < -0.3 is 47.2 Å². The van der Waals surface area contributed by atoms with E-state index in [1.165, 1.54) is 0 Å². The summed E-state index contributed by atoms with van der Waals surface area (Å²) >= 11 is 0. The van der Waals surface area contributed by atoms with Gasteiger partial charge in [0.05, 0.1) is 26.4 Å². The maximum atomic E-state index is 8.07. The summed E-state index contributed by atoms with van der Waals surface area (Å²) in [5.41, 5.74) is 0.917. The molecule has 112 valence electrons. The smallest absolute Gasteiger partial charge is 1.00 e. The summed E-state index contributed by atoms with van der Waals surface area (Å²) in [7, 11) is 1.55. The largest absolute Gasteiger partial charge is 2.00 e. The van der Waals surface area contributed by atoms with E-state index in [0.717, 1.165) is 5.57 Å². The maximum Gasteiger partial charge on any atom is 2.00 e. The molecule has 0 bridgehead atoms. The molecular weight excluding hydrogens is 342 g/mol. The fourth-order valence-electron chi connectivity index (χ4n) is 0.906. The van der Waals surface area contributed by atoms with Gasteiger partial charge in [0.25, 0.3) is 6.48 Å². The number of rotatable bonds is 1. The summed E-state index contributed by atoms with van der Waals surface area (Å²) in [6.45, 7) is 10.8. The van der Waals surface area contributed by atoms with Crippen molar-refractivity contribution in [1.29, 1.82) is 5.26 Å². The second kappa shape index (κ2) is 17.3. The Bertz CT molecular complexity index is 259. The average molecular weight is 363 g/mol. The predicted octanol–water partition coefficient (Wildman–Crippen LogP) is -2.15. The van der Waals surface area contributed by atoms with Crippen LogP contribution in [0.25, 0.3) is 0 Å². The topological polar surface area (TPSA) is 69.9 Å². The van der Waals surface area contributed by atoms with Crippen LogP contribution >= 0.6 is 0 Å². The van der Waals surface area contributed by atoms with Crippen molar-refractivity contribution in [2.75, 3.05) is 33.5 Å². The fraction of sp³-hybridized carbons (Fsp3) is 0.750. The van der Waals surface area contributed by atoms with Crippen LogP contribution in [0.2, 0.25) is 0 Å². The van der Waals surface area contributed by atoms with Crippen molar-refractivity contribution in [2.24, 2.45) is 0 Å². The third kappa shape index (κ3) is 16.3. The van der Waals surface area contributed by atoms with Gasteiger partial charge in [-0.15, -0.1) is 0 Å². The van der Waals surface area contributed by atoms with Gasteiger partial charge in [0, 0.05) is 7.11 Å².